The Labute approximate surface area is 155 Å². The molecule has 0 saturated carbocycles. The zero-order chi connectivity index (χ0) is 19.2. The van der Waals surface area contributed by atoms with Gasteiger partial charge in [-0.1, -0.05) is 19.8 Å². The van der Waals surface area contributed by atoms with Gasteiger partial charge >= 0.3 is 0 Å². The van der Waals surface area contributed by atoms with E-state index in [0.29, 0.717) is 30.6 Å². The minimum Gasteiger partial charge on any atom is -0.352 e. The molecule has 1 unspecified atom stereocenters. The summed E-state index contributed by atoms with van der Waals surface area (Å²) in [4.78, 5) is 26.4. The zero-order valence-electron chi connectivity index (χ0n) is 15.5. The van der Waals surface area contributed by atoms with Crippen LogP contribution in [0.3, 0.4) is 0 Å². The quantitative estimate of drug-likeness (QED) is 0.701. The van der Waals surface area contributed by atoms with Crippen molar-refractivity contribution in [1.82, 2.24) is 10.2 Å². The summed E-state index contributed by atoms with van der Waals surface area (Å²) in [5.74, 6) is -0.164. The van der Waals surface area contributed by atoms with Gasteiger partial charge in [-0.2, -0.15) is 0 Å². The van der Waals surface area contributed by atoms with Gasteiger partial charge in [0.1, 0.15) is 0 Å². The van der Waals surface area contributed by atoms with Gasteiger partial charge in [-0.25, -0.2) is 8.42 Å². The molecule has 1 atom stereocenters. The van der Waals surface area contributed by atoms with Gasteiger partial charge in [0.05, 0.1) is 11.5 Å². The second kappa shape index (κ2) is 9.16. The van der Waals surface area contributed by atoms with E-state index in [9.17, 15) is 18.0 Å². The zero-order valence-corrected chi connectivity index (χ0v) is 16.3. The van der Waals surface area contributed by atoms with Gasteiger partial charge in [-0.3, -0.25) is 9.59 Å². The first-order valence-corrected chi connectivity index (χ1v) is 11.1. The van der Waals surface area contributed by atoms with E-state index in [0.717, 1.165) is 19.3 Å². The Hall–Kier alpha value is -1.89. The lowest BCUT2D eigenvalue weighted by Gasteiger charge is -2.27. The van der Waals surface area contributed by atoms with Crippen molar-refractivity contribution in [1.29, 1.82) is 0 Å². The SMILES string of the molecule is CCCCCNC(=O)c1ccc(C(=O)N(CC)C2CCS(=O)(=O)C2)cc1. The maximum atomic E-state index is 12.7. The highest BCUT2D eigenvalue weighted by Crippen LogP contribution is 2.20. The first kappa shape index (κ1) is 20.4. The maximum absolute atomic E-state index is 12.7. The van der Waals surface area contributed by atoms with Crippen molar-refractivity contribution < 1.29 is 18.0 Å². The third kappa shape index (κ3) is 5.30. The highest BCUT2D eigenvalue weighted by molar-refractivity contribution is 7.91. The van der Waals surface area contributed by atoms with Gasteiger partial charge in [-0.05, 0) is 44.0 Å². The molecule has 1 fully saturated rings. The van der Waals surface area contributed by atoms with Gasteiger partial charge in [0, 0.05) is 30.3 Å². The van der Waals surface area contributed by atoms with Crippen LogP contribution in [0.2, 0.25) is 0 Å². The highest BCUT2D eigenvalue weighted by atomic mass is 32.2. The molecule has 2 rings (SSSR count). The highest BCUT2D eigenvalue weighted by Gasteiger charge is 2.34. The van der Waals surface area contributed by atoms with Crippen LogP contribution in [0.5, 0.6) is 0 Å². The van der Waals surface area contributed by atoms with Crippen LogP contribution in [0, 0.1) is 0 Å². The smallest absolute Gasteiger partial charge is 0.254 e. The summed E-state index contributed by atoms with van der Waals surface area (Å²) in [7, 11) is -3.04. The lowest BCUT2D eigenvalue weighted by atomic mass is 10.1. The van der Waals surface area contributed by atoms with Crippen molar-refractivity contribution in [3.63, 3.8) is 0 Å². The molecule has 1 aromatic rings. The standard InChI is InChI=1S/C19H28N2O4S/c1-3-5-6-12-20-18(22)15-7-9-16(10-8-15)19(23)21(4-2)17-11-13-26(24,25)14-17/h7-10,17H,3-6,11-14H2,1-2H3,(H,20,22). The molecular formula is C19H28N2O4S. The van der Waals surface area contributed by atoms with Crippen LogP contribution < -0.4 is 5.32 Å². The second-order valence-electron chi connectivity index (χ2n) is 6.69. The Morgan fingerprint density at radius 3 is 2.31 bits per heavy atom. The summed E-state index contributed by atoms with van der Waals surface area (Å²) < 4.78 is 23.4. The summed E-state index contributed by atoms with van der Waals surface area (Å²) >= 11 is 0. The molecule has 26 heavy (non-hydrogen) atoms. The molecule has 0 aromatic heterocycles. The minimum absolute atomic E-state index is 0.0326. The molecule has 1 aliphatic heterocycles. The van der Waals surface area contributed by atoms with Crippen molar-refractivity contribution in [2.45, 2.75) is 45.6 Å². The predicted molar refractivity (Wildman–Crippen MR) is 102 cm³/mol. The number of unbranched alkanes of at least 4 members (excludes halogenated alkanes) is 2. The molecule has 1 saturated heterocycles. The normalized spacial score (nSPS) is 18.5. The summed E-state index contributed by atoms with van der Waals surface area (Å²) in [6, 6.07) is 6.28. The fraction of sp³-hybridized carbons (Fsp3) is 0.579. The lowest BCUT2D eigenvalue weighted by molar-refractivity contribution is 0.0708. The predicted octanol–water partition coefficient (Wildman–Crippen LogP) is 2.26. The van der Waals surface area contributed by atoms with Crippen LogP contribution in [0.1, 0.15) is 60.2 Å². The summed E-state index contributed by atoms with van der Waals surface area (Å²) in [6.07, 6.45) is 3.62. The number of rotatable bonds is 8. The fourth-order valence-corrected chi connectivity index (χ4v) is 4.93. The minimum atomic E-state index is -3.04. The number of nitrogens with one attached hydrogen (secondary N) is 1. The number of benzene rings is 1. The van der Waals surface area contributed by atoms with Crippen LogP contribution in [0.15, 0.2) is 24.3 Å². The van der Waals surface area contributed by atoms with Gasteiger partial charge in [0.25, 0.3) is 11.8 Å². The van der Waals surface area contributed by atoms with Crippen molar-refractivity contribution in [2.24, 2.45) is 0 Å². The number of carbonyl (C=O) groups excluding carboxylic acids is 2. The molecule has 1 N–H and O–H groups in total. The average molecular weight is 381 g/mol. The fourth-order valence-electron chi connectivity index (χ4n) is 3.20. The van der Waals surface area contributed by atoms with Crippen LogP contribution >= 0.6 is 0 Å². The molecule has 0 aliphatic carbocycles. The monoisotopic (exact) mass is 380 g/mol. The molecule has 6 nitrogen and oxygen atoms in total. The Balaban J connectivity index is 2.00. The molecule has 7 heteroatoms. The number of carbonyl (C=O) groups is 2. The van der Waals surface area contributed by atoms with E-state index in [1.54, 1.807) is 29.2 Å². The largest absolute Gasteiger partial charge is 0.352 e. The van der Waals surface area contributed by atoms with E-state index >= 15 is 0 Å². The molecule has 2 amide bonds. The molecule has 1 aromatic carbocycles. The number of hydrogen-bond donors (Lipinski definition) is 1. The van der Waals surface area contributed by atoms with E-state index in [-0.39, 0.29) is 29.4 Å². The molecule has 144 valence electrons. The maximum Gasteiger partial charge on any atom is 0.254 e. The summed E-state index contributed by atoms with van der Waals surface area (Å²) in [6.45, 7) is 5.06. The Bertz CT molecular complexity index is 728. The Morgan fingerprint density at radius 2 is 1.77 bits per heavy atom. The van der Waals surface area contributed by atoms with Gasteiger partial charge < -0.3 is 10.2 Å². The average Bonchev–Trinajstić information content (AvgIpc) is 2.98. The van der Waals surface area contributed by atoms with Crippen LogP contribution in [0.25, 0.3) is 0 Å². The number of amides is 2. The summed E-state index contributed by atoms with van der Waals surface area (Å²) in [5.41, 5.74) is 0.989. The summed E-state index contributed by atoms with van der Waals surface area (Å²) in [5, 5.41) is 2.87. The van der Waals surface area contributed by atoms with E-state index in [1.807, 2.05) is 6.92 Å². The van der Waals surface area contributed by atoms with Crippen molar-refractivity contribution >= 4 is 21.7 Å². The van der Waals surface area contributed by atoms with Crippen LogP contribution in [-0.4, -0.2) is 55.8 Å². The molecule has 0 bridgehead atoms. The van der Waals surface area contributed by atoms with Gasteiger partial charge in [0.2, 0.25) is 0 Å². The second-order valence-corrected chi connectivity index (χ2v) is 8.92. The van der Waals surface area contributed by atoms with Crippen LogP contribution in [0.4, 0.5) is 0 Å². The molecule has 0 radical (unpaired) electrons. The number of nitrogens with zero attached hydrogens (tertiary/aromatic N) is 1. The van der Waals surface area contributed by atoms with Crippen molar-refractivity contribution in [3.8, 4) is 0 Å². The Kier molecular flexibility index (Phi) is 7.20. The lowest BCUT2D eigenvalue weighted by Crippen LogP contribution is -2.41. The van der Waals surface area contributed by atoms with E-state index in [1.165, 1.54) is 0 Å². The topological polar surface area (TPSA) is 83.6 Å². The third-order valence-electron chi connectivity index (χ3n) is 4.71. The molecular weight excluding hydrogens is 352 g/mol. The first-order chi connectivity index (χ1) is 12.4. The first-order valence-electron chi connectivity index (χ1n) is 9.27. The third-order valence-corrected chi connectivity index (χ3v) is 6.46. The Morgan fingerprint density at radius 1 is 1.12 bits per heavy atom. The van der Waals surface area contributed by atoms with E-state index < -0.39 is 9.84 Å². The molecule has 1 aliphatic rings. The van der Waals surface area contributed by atoms with E-state index in [2.05, 4.69) is 12.2 Å². The van der Waals surface area contributed by atoms with Gasteiger partial charge in [0.15, 0.2) is 9.84 Å². The van der Waals surface area contributed by atoms with Gasteiger partial charge in [-0.15, -0.1) is 0 Å². The molecule has 1 heterocycles. The van der Waals surface area contributed by atoms with Crippen molar-refractivity contribution in [3.05, 3.63) is 35.4 Å². The van der Waals surface area contributed by atoms with Crippen LogP contribution in [-0.2, 0) is 9.84 Å². The number of sulfone groups is 1. The van der Waals surface area contributed by atoms with Crippen molar-refractivity contribution in [2.75, 3.05) is 24.6 Å². The van der Waals surface area contributed by atoms with E-state index in [4.69, 9.17) is 0 Å². The molecule has 0 spiro atoms. The number of hydrogen-bond acceptors (Lipinski definition) is 4.